The number of nitrogens with zero attached hydrogens (tertiary/aromatic N) is 3. The Morgan fingerprint density at radius 3 is 2.59 bits per heavy atom. The van der Waals surface area contributed by atoms with Crippen LogP contribution in [0.25, 0.3) is 10.9 Å². The molecule has 0 spiro atoms. The Balaban J connectivity index is 2.91. The van der Waals surface area contributed by atoms with E-state index in [1.807, 2.05) is 0 Å². The molecule has 0 unspecified atom stereocenters. The Bertz CT molecular complexity index is 718. The molecule has 0 saturated heterocycles. The van der Waals surface area contributed by atoms with Gasteiger partial charge in [-0.15, -0.1) is 0 Å². The van der Waals surface area contributed by atoms with Crippen molar-refractivity contribution in [2.24, 2.45) is 0 Å². The van der Waals surface area contributed by atoms with E-state index in [1.165, 1.54) is 6.20 Å². The van der Waals surface area contributed by atoms with Gasteiger partial charge in [0, 0.05) is 17.8 Å². The first-order valence-corrected chi connectivity index (χ1v) is 6.76. The summed E-state index contributed by atoms with van der Waals surface area (Å²) in [4.78, 5) is 11.1. The first-order valence-electron chi connectivity index (χ1n) is 4.49. The van der Waals surface area contributed by atoms with Gasteiger partial charge in [0.1, 0.15) is 5.52 Å². The van der Waals surface area contributed by atoms with Gasteiger partial charge in [-0.1, -0.05) is 11.6 Å². The van der Waals surface area contributed by atoms with Crippen LogP contribution in [0.1, 0.15) is 5.69 Å². The van der Waals surface area contributed by atoms with E-state index in [0.717, 1.165) is 6.26 Å². The number of halogens is 2. The lowest BCUT2D eigenvalue weighted by molar-refractivity contribution is 0.592. The third kappa shape index (κ3) is 2.07. The molecule has 0 radical (unpaired) electrons. The number of rotatable bonds is 1. The fraction of sp³-hybridized carbons (Fsp3) is 0.222. The minimum absolute atomic E-state index is 0.141. The Morgan fingerprint density at radius 1 is 1.35 bits per heavy atom. The topological polar surface area (TPSA) is 72.8 Å². The van der Waals surface area contributed by atoms with Gasteiger partial charge in [0.2, 0.25) is 15.0 Å². The van der Waals surface area contributed by atoms with Crippen LogP contribution in [-0.2, 0) is 9.84 Å². The summed E-state index contributed by atoms with van der Waals surface area (Å²) in [5.41, 5.74) is 0.296. The average molecular weight is 276 g/mol. The lowest BCUT2D eigenvalue weighted by Crippen LogP contribution is -2.05. The minimum atomic E-state index is -3.59. The second-order valence-corrected chi connectivity index (χ2v) is 5.76. The molecular formula is C9H7ClFN3O2S. The van der Waals surface area contributed by atoms with Gasteiger partial charge in [-0.05, 0) is 6.92 Å². The maximum Gasteiger partial charge on any atom is 0.247 e. The van der Waals surface area contributed by atoms with E-state index in [2.05, 4.69) is 15.0 Å². The first-order chi connectivity index (χ1) is 7.80. The summed E-state index contributed by atoms with van der Waals surface area (Å²) in [6.07, 6.45) is 2.17. The molecule has 2 aromatic heterocycles. The van der Waals surface area contributed by atoms with Gasteiger partial charge in [-0.25, -0.2) is 27.8 Å². The molecule has 0 aromatic carbocycles. The van der Waals surface area contributed by atoms with E-state index in [9.17, 15) is 12.8 Å². The smallest absolute Gasteiger partial charge is 0.238 e. The zero-order valence-electron chi connectivity index (χ0n) is 8.90. The fourth-order valence-corrected chi connectivity index (χ4v) is 2.05. The molecule has 17 heavy (non-hydrogen) atoms. The number of aromatic nitrogens is 3. The number of hydrogen-bond donors (Lipinski definition) is 0. The molecule has 0 aliphatic heterocycles. The van der Waals surface area contributed by atoms with E-state index in [-0.39, 0.29) is 10.7 Å². The summed E-state index contributed by atoms with van der Waals surface area (Å²) >= 11 is 5.56. The van der Waals surface area contributed by atoms with Crippen molar-refractivity contribution in [1.29, 1.82) is 0 Å². The molecule has 0 bridgehead atoms. The predicted octanol–water partition coefficient (Wildman–Crippen LogP) is 1.53. The van der Waals surface area contributed by atoms with Crippen molar-refractivity contribution in [3.63, 3.8) is 0 Å². The number of pyridine rings is 1. The molecule has 2 aromatic rings. The maximum atomic E-state index is 13.7. The van der Waals surface area contributed by atoms with Crippen LogP contribution >= 0.6 is 11.6 Å². The quantitative estimate of drug-likeness (QED) is 0.583. The molecule has 90 valence electrons. The van der Waals surface area contributed by atoms with Gasteiger partial charge < -0.3 is 0 Å². The van der Waals surface area contributed by atoms with Crippen molar-refractivity contribution >= 4 is 32.3 Å². The van der Waals surface area contributed by atoms with E-state index in [4.69, 9.17) is 11.6 Å². The molecule has 0 aliphatic rings. The highest BCUT2D eigenvalue weighted by Gasteiger charge is 2.17. The van der Waals surface area contributed by atoms with Crippen molar-refractivity contribution in [2.75, 3.05) is 6.26 Å². The van der Waals surface area contributed by atoms with Crippen molar-refractivity contribution in [2.45, 2.75) is 12.1 Å². The maximum absolute atomic E-state index is 13.7. The van der Waals surface area contributed by atoms with Crippen molar-refractivity contribution in [1.82, 2.24) is 15.0 Å². The van der Waals surface area contributed by atoms with Gasteiger partial charge in [-0.2, -0.15) is 0 Å². The van der Waals surface area contributed by atoms with Crippen LogP contribution in [0.5, 0.6) is 0 Å². The summed E-state index contributed by atoms with van der Waals surface area (Å²) in [7, 11) is -3.59. The minimum Gasteiger partial charge on any atom is -0.238 e. The summed E-state index contributed by atoms with van der Waals surface area (Å²) in [5.74, 6) is -0.848. The van der Waals surface area contributed by atoms with Crippen LogP contribution in [0, 0.1) is 12.7 Å². The second kappa shape index (κ2) is 3.85. The summed E-state index contributed by atoms with van der Waals surface area (Å²) < 4.78 is 36.2. The molecule has 0 atom stereocenters. The lowest BCUT2D eigenvalue weighted by atomic mass is 10.2. The molecule has 0 saturated carbocycles. The number of aryl methyl sites for hydroxylation is 1. The third-order valence-electron chi connectivity index (χ3n) is 2.14. The van der Waals surface area contributed by atoms with Crippen LogP contribution in [0.15, 0.2) is 11.4 Å². The zero-order valence-corrected chi connectivity index (χ0v) is 10.5. The summed E-state index contributed by atoms with van der Waals surface area (Å²) in [5, 5.41) is -0.446. The van der Waals surface area contributed by atoms with Gasteiger partial charge in [0.25, 0.3) is 0 Å². The third-order valence-corrected chi connectivity index (χ3v) is 3.25. The fourth-order valence-electron chi connectivity index (χ4n) is 1.33. The standard InChI is InChI=1S/C9H7ClFN3O2S/c1-4-5-3-12-9(17(2,15)16)14-7(5)6(11)8(10)13-4/h3H,1-2H3. The van der Waals surface area contributed by atoms with Gasteiger partial charge >= 0.3 is 0 Å². The summed E-state index contributed by atoms with van der Waals surface area (Å²) in [6, 6.07) is 0. The van der Waals surface area contributed by atoms with Gasteiger partial charge in [0.05, 0.1) is 5.69 Å². The molecule has 0 fully saturated rings. The normalized spacial score (nSPS) is 12.0. The van der Waals surface area contributed by atoms with Crippen LogP contribution in [0.4, 0.5) is 4.39 Å². The van der Waals surface area contributed by atoms with Crippen LogP contribution in [-0.4, -0.2) is 29.6 Å². The van der Waals surface area contributed by atoms with Crippen LogP contribution in [0.3, 0.4) is 0 Å². The van der Waals surface area contributed by atoms with Crippen LogP contribution < -0.4 is 0 Å². The van der Waals surface area contributed by atoms with E-state index in [1.54, 1.807) is 6.92 Å². The number of hydrogen-bond acceptors (Lipinski definition) is 5. The van der Waals surface area contributed by atoms with Crippen molar-refractivity contribution < 1.29 is 12.8 Å². The zero-order chi connectivity index (χ0) is 12.8. The number of fused-ring (bicyclic) bond motifs is 1. The predicted molar refractivity (Wildman–Crippen MR) is 60.1 cm³/mol. The van der Waals surface area contributed by atoms with Crippen LogP contribution in [0.2, 0.25) is 5.15 Å². The SMILES string of the molecule is Cc1nc(Cl)c(F)c2nc(S(C)(=O)=O)ncc12. The van der Waals surface area contributed by atoms with Gasteiger partial charge in [-0.3, -0.25) is 0 Å². The van der Waals surface area contributed by atoms with E-state index < -0.39 is 20.8 Å². The molecule has 0 amide bonds. The highest BCUT2D eigenvalue weighted by atomic mass is 35.5. The molecule has 8 heteroatoms. The molecule has 0 aliphatic carbocycles. The molecule has 5 nitrogen and oxygen atoms in total. The highest BCUT2D eigenvalue weighted by Crippen LogP contribution is 2.23. The van der Waals surface area contributed by atoms with Crippen molar-refractivity contribution in [3.8, 4) is 0 Å². The Labute approximate surface area is 102 Å². The largest absolute Gasteiger partial charge is 0.247 e. The van der Waals surface area contributed by atoms with E-state index in [0.29, 0.717) is 11.1 Å². The Hall–Kier alpha value is -1.34. The monoisotopic (exact) mass is 275 g/mol. The average Bonchev–Trinajstić information content (AvgIpc) is 2.24. The molecule has 0 N–H and O–H groups in total. The second-order valence-electron chi connectivity index (χ2n) is 3.49. The molecule has 2 rings (SSSR count). The summed E-state index contributed by atoms with van der Waals surface area (Å²) in [6.45, 7) is 1.61. The van der Waals surface area contributed by atoms with E-state index >= 15 is 0 Å². The Morgan fingerprint density at radius 2 is 2.00 bits per heavy atom. The van der Waals surface area contributed by atoms with Gasteiger partial charge in [0.15, 0.2) is 11.0 Å². The molecular weight excluding hydrogens is 269 g/mol. The van der Waals surface area contributed by atoms with Crippen molar-refractivity contribution in [3.05, 3.63) is 22.9 Å². The molecule has 2 heterocycles. The highest BCUT2D eigenvalue weighted by molar-refractivity contribution is 7.90. The lowest BCUT2D eigenvalue weighted by Gasteiger charge is -2.04. The first kappa shape index (κ1) is 12.1. The Kier molecular flexibility index (Phi) is 2.75. The number of sulfone groups is 1.